The Morgan fingerprint density at radius 1 is 1.56 bits per heavy atom. The zero-order chi connectivity index (χ0) is 13.3. The summed E-state index contributed by atoms with van der Waals surface area (Å²) in [5.41, 5.74) is 0.385. The van der Waals surface area contributed by atoms with E-state index in [2.05, 4.69) is 10.3 Å². The Morgan fingerprint density at radius 2 is 2.28 bits per heavy atom. The Hall–Kier alpha value is -2.05. The van der Waals surface area contributed by atoms with Gasteiger partial charge in [-0.2, -0.15) is 0 Å². The third-order valence-electron chi connectivity index (χ3n) is 2.40. The van der Waals surface area contributed by atoms with Crippen molar-refractivity contribution < 1.29 is 19.3 Å². The second kappa shape index (κ2) is 4.32. The van der Waals surface area contributed by atoms with Crippen molar-refractivity contribution in [3.63, 3.8) is 0 Å². The third-order valence-corrected chi connectivity index (χ3v) is 2.40. The molecule has 0 fully saturated rings. The van der Waals surface area contributed by atoms with Crippen LogP contribution in [0.2, 0.25) is 0 Å². The van der Waals surface area contributed by atoms with Gasteiger partial charge < -0.3 is 14.5 Å². The molecule has 2 heterocycles. The Kier molecular flexibility index (Phi) is 2.98. The van der Waals surface area contributed by atoms with E-state index in [-0.39, 0.29) is 13.1 Å². The molecular weight excluding hydrogens is 238 g/mol. The average Bonchev–Trinajstić information content (AvgIpc) is 2.73. The van der Waals surface area contributed by atoms with Crippen LogP contribution in [0, 0.1) is 0 Å². The maximum atomic E-state index is 11.9. The standard InChI is InChI=1S/C11H15N3O4/c1-11(2,3)17-10(15)14-5-8(13-16)7-4-12-18-9(7)6-14/h4,16H,5-6H2,1-3H3/b13-8+. The Labute approximate surface area is 104 Å². The zero-order valence-corrected chi connectivity index (χ0v) is 10.5. The molecule has 0 aliphatic carbocycles. The van der Waals surface area contributed by atoms with Gasteiger partial charge in [0.1, 0.15) is 11.3 Å². The summed E-state index contributed by atoms with van der Waals surface area (Å²) in [6.45, 7) is 5.78. The van der Waals surface area contributed by atoms with Crippen LogP contribution in [-0.4, -0.2) is 39.2 Å². The summed E-state index contributed by atoms with van der Waals surface area (Å²) in [5.74, 6) is 0.486. The molecule has 0 aromatic carbocycles. The smallest absolute Gasteiger partial charge is 0.411 e. The third kappa shape index (κ3) is 2.44. The van der Waals surface area contributed by atoms with Crippen LogP contribution in [0.5, 0.6) is 0 Å². The van der Waals surface area contributed by atoms with E-state index < -0.39 is 11.7 Å². The summed E-state index contributed by atoms with van der Waals surface area (Å²) in [6, 6.07) is 0. The lowest BCUT2D eigenvalue weighted by Crippen LogP contribution is -2.42. The second-order valence-electron chi connectivity index (χ2n) is 5.05. The van der Waals surface area contributed by atoms with Crippen molar-refractivity contribution in [3.05, 3.63) is 17.5 Å². The minimum atomic E-state index is -0.574. The van der Waals surface area contributed by atoms with Crippen molar-refractivity contribution >= 4 is 11.8 Å². The first-order valence-electron chi connectivity index (χ1n) is 5.53. The maximum absolute atomic E-state index is 11.9. The van der Waals surface area contributed by atoms with E-state index in [4.69, 9.17) is 14.5 Å². The summed E-state index contributed by atoms with van der Waals surface area (Å²) in [6.07, 6.45) is 0.988. The lowest BCUT2D eigenvalue weighted by Gasteiger charge is -2.29. The molecule has 7 nitrogen and oxygen atoms in total. The number of nitrogens with zero attached hydrogens (tertiary/aromatic N) is 3. The highest BCUT2D eigenvalue weighted by Gasteiger charge is 2.31. The van der Waals surface area contributed by atoms with Crippen LogP contribution in [0.1, 0.15) is 32.1 Å². The van der Waals surface area contributed by atoms with Crippen LogP contribution < -0.4 is 0 Å². The van der Waals surface area contributed by atoms with E-state index in [1.165, 1.54) is 11.1 Å². The highest BCUT2D eigenvalue weighted by atomic mass is 16.6. The molecule has 1 aliphatic heterocycles. The predicted octanol–water partition coefficient (Wildman–Crippen LogP) is 1.60. The van der Waals surface area contributed by atoms with Crippen LogP contribution in [-0.2, 0) is 11.3 Å². The van der Waals surface area contributed by atoms with Crippen molar-refractivity contribution in [2.24, 2.45) is 5.16 Å². The Morgan fingerprint density at radius 3 is 2.89 bits per heavy atom. The quantitative estimate of drug-likeness (QED) is 0.560. The Bertz CT molecular complexity index is 487. The van der Waals surface area contributed by atoms with Gasteiger partial charge in [0.15, 0.2) is 5.76 Å². The normalized spacial score (nSPS) is 17.7. The lowest BCUT2D eigenvalue weighted by molar-refractivity contribution is 0.0243. The number of aromatic nitrogens is 1. The molecule has 1 aromatic heterocycles. The lowest BCUT2D eigenvalue weighted by atomic mass is 10.1. The molecule has 1 aromatic rings. The number of amides is 1. The van der Waals surface area contributed by atoms with Crippen LogP contribution in [0.25, 0.3) is 0 Å². The highest BCUT2D eigenvalue weighted by molar-refractivity contribution is 6.04. The number of ether oxygens (including phenoxy) is 1. The first kappa shape index (κ1) is 12.4. The molecule has 0 radical (unpaired) electrons. The summed E-state index contributed by atoms with van der Waals surface area (Å²) in [5, 5.41) is 15.7. The molecule has 1 amide bonds. The number of carbonyl (C=O) groups is 1. The van der Waals surface area contributed by atoms with Crippen molar-refractivity contribution in [1.29, 1.82) is 0 Å². The van der Waals surface area contributed by atoms with Crippen LogP contribution in [0.4, 0.5) is 4.79 Å². The second-order valence-corrected chi connectivity index (χ2v) is 5.05. The monoisotopic (exact) mass is 253 g/mol. The van der Waals surface area contributed by atoms with E-state index in [9.17, 15) is 4.79 Å². The SMILES string of the molecule is CC(C)(C)OC(=O)N1C/C(=N\O)c2cnoc2C1. The van der Waals surface area contributed by atoms with Crippen LogP contribution >= 0.6 is 0 Å². The molecule has 2 rings (SSSR count). The van der Waals surface area contributed by atoms with Gasteiger partial charge in [-0.3, -0.25) is 4.90 Å². The number of hydrogen-bond acceptors (Lipinski definition) is 6. The van der Waals surface area contributed by atoms with E-state index >= 15 is 0 Å². The molecule has 0 atom stereocenters. The minimum absolute atomic E-state index is 0.166. The molecule has 0 saturated heterocycles. The molecule has 98 valence electrons. The zero-order valence-electron chi connectivity index (χ0n) is 10.5. The van der Waals surface area contributed by atoms with Crippen molar-refractivity contribution in [2.75, 3.05) is 6.54 Å². The van der Waals surface area contributed by atoms with Gasteiger partial charge in [0.2, 0.25) is 0 Å². The van der Waals surface area contributed by atoms with Gasteiger partial charge in [-0.05, 0) is 20.8 Å². The van der Waals surface area contributed by atoms with Gasteiger partial charge in [0.25, 0.3) is 0 Å². The molecule has 0 saturated carbocycles. The van der Waals surface area contributed by atoms with Crippen LogP contribution in [0.15, 0.2) is 15.9 Å². The summed E-state index contributed by atoms with van der Waals surface area (Å²) >= 11 is 0. The summed E-state index contributed by atoms with van der Waals surface area (Å²) < 4.78 is 10.3. The van der Waals surface area contributed by atoms with Gasteiger partial charge in [0.05, 0.1) is 24.8 Å². The van der Waals surface area contributed by atoms with Crippen LogP contribution in [0.3, 0.4) is 0 Å². The molecule has 0 spiro atoms. The average molecular weight is 253 g/mol. The predicted molar refractivity (Wildman–Crippen MR) is 61.5 cm³/mol. The highest BCUT2D eigenvalue weighted by Crippen LogP contribution is 2.21. The number of carbonyl (C=O) groups excluding carboxylic acids is 1. The molecule has 1 N–H and O–H groups in total. The molecule has 1 aliphatic rings. The van der Waals surface area contributed by atoms with E-state index in [1.807, 2.05) is 0 Å². The van der Waals surface area contributed by atoms with Crippen molar-refractivity contribution in [2.45, 2.75) is 32.9 Å². The van der Waals surface area contributed by atoms with Gasteiger partial charge in [-0.25, -0.2) is 4.79 Å². The summed E-state index contributed by atoms with van der Waals surface area (Å²) in [4.78, 5) is 13.3. The fourth-order valence-electron chi connectivity index (χ4n) is 1.65. The number of rotatable bonds is 0. The van der Waals surface area contributed by atoms with Gasteiger partial charge in [-0.1, -0.05) is 10.3 Å². The maximum Gasteiger partial charge on any atom is 0.411 e. The summed E-state index contributed by atoms with van der Waals surface area (Å²) in [7, 11) is 0. The van der Waals surface area contributed by atoms with E-state index in [0.717, 1.165) is 0 Å². The largest absolute Gasteiger partial charge is 0.444 e. The Balaban J connectivity index is 2.17. The first-order chi connectivity index (χ1) is 8.40. The van der Waals surface area contributed by atoms with Gasteiger partial charge in [0, 0.05) is 0 Å². The molecule has 0 unspecified atom stereocenters. The number of fused-ring (bicyclic) bond motifs is 1. The fraction of sp³-hybridized carbons (Fsp3) is 0.545. The molecule has 18 heavy (non-hydrogen) atoms. The van der Waals surface area contributed by atoms with Gasteiger partial charge >= 0.3 is 6.09 Å². The topological polar surface area (TPSA) is 88.2 Å². The molecule has 7 heteroatoms. The number of oxime groups is 1. The van der Waals surface area contributed by atoms with Crippen molar-refractivity contribution in [1.82, 2.24) is 10.1 Å². The van der Waals surface area contributed by atoms with E-state index in [0.29, 0.717) is 17.0 Å². The first-order valence-corrected chi connectivity index (χ1v) is 5.53. The number of hydrogen-bond donors (Lipinski definition) is 1. The fourth-order valence-corrected chi connectivity index (χ4v) is 1.65. The van der Waals surface area contributed by atoms with Crippen molar-refractivity contribution in [3.8, 4) is 0 Å². The molecular formula is C11H15N3O4. The van der Waals surface area contributed by atoms with Gasteiger partial charge in [-0.15, -0.1) is 0 Å². The molecule has 0 bridgehead atoms. The minimum Gasteiger partial charge on any atom is -0.444 e. The van der Waals surface area contributed by atoms with E-state index in [1.54, 1.807) is 20.8 Å².